The molecular formula is C54H66FN7O7. The molecule has 10 rings (SSSR count). The second-order valence-electron chi connectivity index (χ2n) is 20.6. The van der Waals surface area contributed by atoms with Crippen molar-refractivity contribution < 1.29 is 37.9 Å². The van der Waals surface area contributed by atoms with E-state index in [4.69, 9.17) is 10.1 Å². The lowest BCUT2D eigenvalue weighted by molar-refractivity contribution is -0.166. The molecule has 2 unspecified atom stereocenters. The van der Waals surface area contributed by atoms with Crippen molar-refractivity contribution in [2.75, 3.05) is 59.0 Å². The van der Waals surface area contributed by atoms with Crippen molar-refractivity contribution in [1.82, 2.24) is 30.7 Å². The molecule has 5 amide bonds. The molecule has 4 heterocycles. The van der Waals surface area contributed by atoms with Crippen LogP contribution in [-0.2, 0) is 25.5 Å². The van der Waals surface area contributed by atoms with E-state index < -0.39 is 28.9 Å². The number of nitrogens with zero attached hydrogens (tertiary/aromatic N) is 3. The molecule has 4 aliphatic heterocycles. The normalized spacial score (nSPS) is 24.3. The summed E-state index contributed by atoms with van der Waals surface area (Å²) in [6.45, 7) is 3.51. The molecule has 2 bridgehead atoms. The van der Waals surface area contributed by atoms with Crippen LogP contribution in [-0.4, -0.2) is 132 Å². The molecule has 4 N–H and O–H groups in total. The summed E-state index contributed by atoms with van der Waals surface area (Å²) in [6.07, 6.45) is 12.5. The molecule has 2 atom stereocenters. The number of likely N-dealkylation sites (tertiary alicyclic amines) is 1. The Labute approximate surface area is 404 Å². The van der Waals surface area contributed by atoms with Crippen LogP contribution in [0, 0.1) is 23.1 Å². The van der Waals surface area contributed by atoms with Gasteiger partial charge in [-0.25, -0.2) is 4.39 Å². The predicted molar refractivity (Wildman–Crippen MR) is 258 cm³/mol. The highest BCUT2D eigenvalue weighted by atomic mass is 19.1. The van der Waals surface area contributed by atoms with Gasteiger partial charge in [0.05, 0.1) is 29.9 Å². The zero-order valence-corrected chi connectivity index (χ0v) is 39.6. The highest BCUT2D eigenvalue weighted by Crippen LogP contribution is 2.44. The summed E-state index contributed by atoms with van der Waals surface area (Å²) in [5.41, 5.74) is 2.13. The summed E-state index contributed by atoms with van der Waals surface area (Å²) >= 11 is 0. The van der Waals surface area contributed by atoms with Gasteiger partial charge in [0.25, 0.3) is 11.8 Å². The fraction of sp³-hybridized carbons (Fsp3) is 0.537. The summed E-state index contributed by atoms with van der Waals surface area (Å²) in [5, 5.41) is 18.5. The van der Waals surface area contributed by atoms with Crippen LogP contribution in [0.25, 0.3) is 0 Å². The molecule has 0 aromatic heterocycles. The smallest absolute Gasteiger partial charge is 0.256 e. The van der Waals surface area contributed by atoms with Gasteiger partial charge in [-0.3, -0.25) is 28.8 Å². The van der Waals surface area contributed by atoms with Gasteiger partial charge in [0.15, 0.2) is 6.29 Å². The van der Waals surface area contributed by atoms with Gasteiger partial charge in [-0.2, -0.15) is 0 Å². The summed E-state index contributed by atoms with van der Waals surface area (Å²) in [5.74, 6) is -0.986. The number of amides is 5. The van der Waals surface area contributed by atoms with Crippen molar-refractivity contribution in [3.63, 3.8) is 0 Å². The van der Waals surface area contributed by atoms with E-state index >= 15 is 4.39 Å². The average Bonchev–Trinajstić information content (AvgIpc) is 4.25. The maximum atomic E-state index is 15.0. The van der Waals surface area contributed by atoms with Gasteiger partial charge in [0.2, 0.25) is 17.7 Å². The van der Waals surface area contributed by atoms with Crippen molar-refractivity contribution in [3.8, 4) is 0 Å². The van der Waals surface area contributed by atoms with Gasteiger partial charge in [0, 0.05) is 86.5 Å². The number of benzene rings is 3. The fourth-order valence-corrected chi connectivity index (χ4v) is 11.4. The van der Waals surface area contributed by atoms with Gasteiger partial charge in [-0.15, -0.1) is 0 Å². The third-order valence-electron chi connectivity index (χ3n) is 15.8. The Kier molecular flexibility index (Phi) is 14.7. The standard InChI is InChI=1S/C54H66FN7O7/c55-45-18-15-36(29-46(56)43-14-5-4-10-42(43)33-63)28-44(45)52(68)61-26-24-60(25-27-61)47(64)31-57-34-54-21-19-53(20-22-54,35-69-54)59-50(66)48(37-8-2-1-3-9-37)58-49(65)40-12-6-11-39(30-40)41-13-7-23-62(32-41)51(67)38-16-17-38/h4-6,10-12,14-15,18,28,30,33,37-38,41,48,56-57H,1-3,7-9,13,16-17,19-27,29,31-32,34-35H2,(H,58,65)(H,59,66). The lowest BCUT2D eigenvalue weighted by Gasteiger charge is -2.53. The molecule has 14 nitrogen and oxygen atoms in total. The Morgan fingerprint density at radius 2 is 1.55 bits per heavy atom. The Bertz CT molecular complexity index is 2420. The Morgan fingerprint density at radius 3 is 2.28 bits per heavy atom. The number of hydrogen-bond donors (Lipinski definition) is 4. The lowest BCUT2D eigenvalue weighted by Crippen LogP contribution is -2.67. The van der Waals surface area contributed by atoms with Gasteiger partial charge >= 0.3 is 0 Å². The number of piperidine rings is 1. The highest BCUT2D eigenvalue weighted by Gasteiger charge is 2.51. The molecule has 4 saturated heterocycles. The number of ether oxygens (including phenoxy) is 1. The van der Waals surface area contributed by atoms with Crippen LogP contribution in [0.2, 0.25) is 0 Å². The van der Waals surface area contributed by atoms with E-state index in [-0.39, 0.29) is 78.7 Å². The minimum atomic E-state index is -0.669. The molecule has 7 fully saturated rings. The molecular weight excluding hydrogens is 878 g/mol. The van der Waals surface area contributed by atoms with E-state index in [9.17, 15) is 28.8 Å². The molecule has 3 saturated carbocycles. The van der Waals surface area contributed by atoms with E-state index in [1.807, 2.05) is 29.2 Å². The topological polar surface area (TPSA) is 181 Å². The zero-order valence-electron chi connectivity index (χ0n) is 39.6. The summed E-state index contributed by atoms with van der Waals surface area (Å²) in [6, 6.07) is 18.1. The molecule has 69 heavy (non-hydrogen) atoms. The molecule has 0 radical (unpaired) electrons. The van der Waals surface area contributed by atoms with Crippen LogP contribution >= 0.6 is 0 Å². The number of nitrogens with one attached hydrogen (secondary N) is 4. The molecule has 0 spiro atoms. The number of halogens is 1. The van der Waals surface area contributed by atoms with Crippen molar-refractivity contribution in [2.45, 2.75) is 113 Å². The highest BCUT2D eigenvalue weighted by molar-refractivity contribution is 6.05. The van der Waals surface area contributed by atoms with Gasteiger partial charge in [0.1, 0.15) is 11.9 Å². The van der Waals surface area contributed by atoms with E-state index in [2.05, 4.69) is 16.0 Å². The SMILES string of the molecule is N=C(Cc1ccc(F)c(C(=O)N2CCN(C(=O)CNCC34CCC(NC(=O)C(NC(=O)c5cccc(C6CCCN(C(=O)C7CC7)C6)c5)C5CCCCC5)(CC3)CO4)CC2)c1)c1ccccc1C=O. The molecule has 3 aromatic rings. The fourth-order valence-electron chi connectivity index (χ4n) is 11.4. The van der Waals surface area contributed by atoms with Crippen molar-refractivity contribution in [3.05, 3.63) is 106 Å². The first kappa shape index (κ1) is 48.2. The van der Waals surface area contributed by atoms with Crippen LogP contribution in [0.5, 0.6) is 0 Å². The van der Waals surface area contributed by atoms with E-state index in [1.54, 1.807) is 34.1 Å². The monoisotopic (exact) mass is 944 g/mol. The number of aldehydes is 1. The minimum absolute atomic E-state index is 0.0352. The van der Waals surface area contributed by atoms with Crippen LogP contribution in [0.4, 0.5) is 4.39 Å². The molecule has 7 aliphatic rings. The second kappa shape index (κ2) is 21.1. The predicted octanol–water partition coefficient (Wildman–Crippen LogP) is 5.82. The average molecular weight is 944 g/mol. The number of fused-ring (bicyclic) bond motifs is 3. The molecule has 3 aliphatic carbocycles. The summed E-state index contributed by atoms with van der Waals surface area (Å²) in [7, 11) is 0. The van der Waals surface area contributed by atoms with Crippen LogP contribution in [0.1, 0.15) is 137 Å². The largest absolute Gasteiger partial charge is 0.371 e. The number of rotatable bonds is 16. The van der Waals surface area contributed by atoms with E-state index in [1.165, 1.54) is 18.2 Å². The lowest BCUT2D eigenvalue weighted by atomic mass is 9.70. The third-order valence-corrected chi connectivity index (χ3v) is 15.8. The maximum Gasteiger partial charge on any atom is 0.256 e. The van der Waals surface area contributed by atoms with Gasteiger partial charge in [-0.1, -0.05) is 61.7 Å². The Morgan fingerprint density at radius 1 is 0.797 bits per heavy atom. The quantitative estimate of drug-likeness (QED) is 0.103. The first-order valence-electron chi connectivity index (χ1n) is 25.3. The van der Waals surface area contributed by atoms with Gasteiger partial charge in [-0.05, 0) is 106 Å². The van der Waals surface area contributed by atoms with Crippen LogP contribution in [0.3, 0.4) is 0 Å². The number of piperazine rings is 1. The number of carbonyl (C=O) groups excluding carboxylic acids is 6. The van der Waals surface area contributed by atoms with E-state index in [0.717, 1.165) is 82.7 Å². The van der Waals surface area contributed by atoms with Crippen molar-refractivity contribution >= 4 is 41.5 Å². The first-order valence-corrected chi connectivity index (χ1v) is 25.3. The summed E-state index contributed by atoms with van der Waals surface area (Å²) in [4.78, 5) is 84.8. The van der Waals surface area contributed by atoms with E-state index in [0.29, 0.717) is 74.2 Å². The van der Waals surface area contributed by atoms with Crippen molar-refractivity contribution in [1.29, 1.82) is 5.41 Å². The Hall–Kier alpha value is -5.80. The molecule has 3 aromatic carbocycles. The molecule has 366 valence electrons. The first-order chi connectivity index (χ1) is 33.4. The Balaban J connectivity index is 0.734. The molecule has 15 heteroatoms. The second-order valence-corrected chi connectivity index (χ2v) is 20.6. The number of carbonyl (C=O) groups is 6. The van der Waals surface area contributed by atoms with Crippen molar-refractivity contribution in [2.24, 2.45) is 11.8 Å². The number of hydrogen-bond acceptors (Lipinski definition) is 9. The van der Waals surface area contributed by atoms with Crippen LogP contribution < -0.4 is 16.0 Å². The maximum absolute atomic E-state index is 15.0. The van der Waals surface area contributed by atoms with Crippen LogP contribution in [0.15, 0.2) is 66.7 Å². The van der Waals surface area contributed by atoms with Gasteiger partial charge < -0.3 is 40.8 Å². The zero-order chi connectivity index (χ0) is 48.1. The summed E-state index contributed by atoms with van der Waals surface area (Å²) < 4.78 is 21.5. The minimum Gasteiger partial charge on any atom is -0.371 e. The third kappa shape index (κ3) is 11.1.